The van der Waals surface area contributed by atoms with Crippen molar-refractivity contribution >= 4 is 11.9 Å². The predicted molar refractivity (Wildman–Crippen MR) is 35.6 cm³/mol. The van der Waals surface area contributed by atoms with Gasteiger partial charge in [-0.15, -0.1) is 0 Å². The summed E-state index contributed by atoms with van der Waals surface area (Å²) in [5.41, 5.74) is 0. The second-order valence-corrected chi connectivity index (χ2v) is 3.09. The van der Waals surface area contributed by atoms with Gasteiger partial charge in [0.25, 0.3) is 6.17 Å². The summed E-state index contributed by atoms with van der Waals surface area (Å²) < 4.78 is 1.76. The summed E-state index contributed by atoms with van der Waals surface area (Å²) in [5, 5.41) is 10.00. The highest BCUT2D eigenvalue weighted by Crippen LogP contribution is 2.27. The fourth-order valence-electron chi connectivity index (χ4n) is 0.590. The largest absolute Gasteiger partial charge is 0.291 e. The van der Waals surface area contributed by atoms with E-state index in [2.05, 4.69) is 0 Å². The Morgan fingerprint density at radius 1 is 2.00 bits per heavy atom. The molecule has 0 bridgehead atoms. The van der Waals surface area contributed by atoms with Gasteiger partial charge in [0, 0.05) is 10.7 Å². The van der Waals surface area contributed by atoms with Crippen molar-refractivity contribution < 1.29 is 4.92 Å². The standard InChI is InChI=1S/C4H8N2O2S/c1-2-9-5-3-4(5)6(7)8/h4H,2-3H2,1H3. The molecule has 1 fully saturated rings. The minimum absolute atomic E-state index is 0.247. The maximum atomic E-state index is 10.00. The highest BCUT2D eigenvalue weighted by atomic mass is 32.2. The van der Waals surface area contributed by atoms with Crippen LogP contribution in [0.15, 0.2) is 0 Å². The number of nitro groups is 1. The van der Waals surface area contributed by atoms with Crippen molar-refractivity contribution in [1.82, 2.24) is 4.31 Å². The van der Waals surface area contributed by atoms with E-state index in [0.29, 0.717) is 6.54 Å². The second-order valence-electron chi connectivity index (χ2n) is 1.78. The summed E-state index contributed by atoms with van der Waals surface area (Å²) in [6, 6.07) is 0. The molecule has 2 unspecified atom stereocenters. The smallest absolute Gasteiger partial charge is 0.263 e. The quantitative estimate of drug-likeness (QED) is 0.254. The van der Waals surface area contributed by atoms with Crippen molar-refractivity contribution in [3.05, 3.63) is 10.1 Å². The fourth-order valence-corrected chi connectivity index (χ4v) is 1.41. The van der Waals surface area contributed by atoms with Crippen LogP contribution in [0.1, 0.15) is 6.92 Å². The van der Waals surface area contributed by atoms with Crippen LogP contribution in [0.4, 0.5) is 0 Å². The van der Waals surface area contributed by atoms with Gasteiger partial charge in [-0.1, -0.05) is 18.9 Å². The van der Waals surface area contributed by atoms with Crippen molar-refractivity contribution in [3.63, 3.8) is 0 Å². The predicted octanol–water partition coefficient (Wildman–Crippen LogP) is 0.573. The van der Waals surface area contributed by atoms with Gasteiger partial charge >= 0.3 is 0 Å². The molecule has 52 valence electrons. The summed E-state index contributed by atoms with van der Waals surface area (Å²) in [6.07, 6.45) is -0.394. The zero-order valence-corrected chi connectivity index (χ0v) is 5.93. The molecule has 0 aromatic heterocycles. The van der Waals surface area contributed by atoms with Crippen LogP contribution in [0.2, 0.25) is 0 Å². The first-order valence-electron chi connectivity index (χ1n) is 2.78. The van der Waals surface area contributed by atoms with E-state index in [9.17, 15) is 10.1 Å². The third-order valence-electron chi connectivity index (χ3n) is 1.08. The van der Waals surface area contributed by atoms with Gasteiger partial charge in [-0.25, -0.2) is 0 Å². The Bertz CT molecular complexity index is 130. The average Bonchev–Trinajstić information content (AvgIpc) is 2.47. The molecule has 1 heterocycles. The highest BCUT2D eigenvalue weighted by Gasteiger charge is 2.45. The zero-order chi connectivity index (χ0) is 6.85. The van der Waals surface area contributed by atoms with Crippen LogP contribution in [0.3, 0.4) is 0 Å². The Labute approximate surface area is 57.5 Å². The summed E-state index contributed by atoms with van der Waals surface area (Å²) in [4.78, 5) is 9.75. The van der Waals surface area contributed by atoms with Gasteiger partial charge in [-0.2, -0.15) is 4.31 Å². The molecule has 1 rings (SSSR count). The lowest BCUT2D eigenvalue weighted by Crippen LogP contribution is -2.05. The van der Waals surface area contributed by atoms with Crippen molar-refractivity contribution in [2.75, 3.05) is 12.3 Å². The molecule has 1 aliphatic rings. The molecule has 1 saturated heterocycles. The summed E-state index contributed by atoms with van der Waals surface area (Å²) in [5.74, 6) is 0.921. The van der Waals surface area contributed by atoms with E-state index in [1.807, 2.05) is 6.92 Å². The lowest BCUT2D eigenvalue weighted by Gasteiger charge is -1.91. The molecule has 0 amide bonds. The molecule has 4 nitrogen and oxygen atoms in total. The van der Waals surface area contributed by atoms with E-state index >= 15 is 0 Å². The molecule has 2 atom stereocenters. The Kier molecular flexibility index (Phi) is 1.92. The van der Waals surface area contributed by atoms with Crippen molar-refractivity contribution in [1.29, 1.82) is 0 Å². The molecule has 0 aliphatic carbocycles. The van der Waals surface area contributed by atoms with Crippen LogP contribution in [-0.4, -0.2) is 27.7 Å². The van der Waals surface area contributed by atoms with Crippen molar-refractivity contribution in [2.45, 2.75) is 13.1 Å². The minimum Gasteiger partial charge on any atom is -0.263 e. The van der Waals surface area contributed by atoms with Gasteiger partial charge in [0.15, 0.2) is 0 Å². The number of nitrogens with zero attached hydrogens (tertiary/aromatic N) is 2. The molecule has 9 heavy (non-hydrogen) atoms. The van der Waals surface area contributed by atoms with Gasteiger partial charge in [0.2, 0.25) is 0 Å². The molecule has 0 aromatic carbocycles. The zero-order valence-electron chi connectivity index (χ0n) is 5.11. The third kappa shape index (κ3) is 1.56. The maximum absolute atomic E-state index is 10.00. The molecular formula is C4H8N2O2S. The number of rotatable bonds is 3. The Morgan fingerprint density at radius 2 is 2.67 bits per heavy atom. The number of hydrogen-bond donors (Lipinski definition) is 0. The van der Waals surface area contributed by atoms with E-state index in [1.165, 1.54) is 11.9 Å². The van der Waals surface area contributed by atoms with Crippen LogP contribution in [0, 0.1) is 10.1 Å². The summed E-state index contributed by atoms with van der Waals surface area (Å²) >= 11 is 1.53. The monoisotopic (exact) mass is 148 g/mol. The topological polar surface area (TPSA) is 46.1 Å². The lowest BCUT2D eigenvalue weighted by atomic mass is 10.8. The first-order chi connectivity index (χ1) is 4.25. The van der Waals surface area contributed by atoms with Gasteiger partial charge in [0.1, 0.15) is 0 Å². The average molecular weight is 148 g/mol. The summed E-state index contributed by atoms with van der Waals surface area (Å²) in [6.45, 7) is 2.60. The van der Waals surface area contributed by atoms with Crippen molar-refractivity contribution in [2.24, 2.45) is 0 Å². The lowest BCUT2D eigenvalue weighted by molar-refractivity contribution is -0.501. The first kappa shape index (κ1) is 6.82. The maximum Gasteiger partial charge on any atom is 0.291 e. The molecular weight excluding hydrogens is 140 g/mol. The van der Waals surface area contributed by atoms with E-state index in [0.717, 1.165) is 5.75 Å². The van der Waals surface area contributed by atoms with Gasteiger partial charge in [-0.05, 0) is 0 Å². The fraction of sp³-hybridized carbons (Fsp3) is 1.00. The molecule has 0 saturated carbocycles. The number of hydrogen-bond acceptors (Lipinski definition) is 4. The van der Waals surface area contributed by atoms with E-state index in [4.69, 9.17) is 0 Å². The SMILES string of the molecule is CCSN1CC1[N+](=O)[O-]. The molecule has 1 aliphatic heterocycles. The van der Waals surface area contributed by atoms with Gasteiger partial charge in [0.05, 0.1) is 6.54 Å². The Morgan fingerprint density at radius 3 is 3.00 bits per heavy atom. The molecule has 0 radical (unpaired) electrons. The molecule has 5 heteroatoms. The minimum atomic E-state index is -0.394. The summed E-state index contributed by atoms with van der Waals surface area (Å²) in [7, 11) is 0. The molecule has 0 spiro atoms. The Hall–Kier alpha value is -0.290. The molecule has 0 N–H and O–H groups in total. The third-order valence-corrected chi connectivity index (χ3v) is 2.06. The van der Waals surface area contributed by atoms with Crippen LogP contribution in [0.25, 0.3) is 0 Å². The van der Waals surface area contributed by atoms with Gasteiger partial charge in [-0.3, -0.25) is 10.1 Å². The highest BCUT2D eigenvalue weighted by molar-refractivity contribution is 7.97. The molecule has 0 aromatic rings. The van der Waals surface area contributed by atoms with Crippen LogP contribution in [0.5, 0.6) is 0 Å². The van der Waals surface area contributed by atoms with Crippen LogP contribution >= 0.6 is 11.9 Å². The van der Waals surface area contributed by atoms with E-state index in [1.54, 1.807) is 4.31 Å². The second kappa shape index (κ2) is 2.53. The Balaban J connectivity index is 2.17. The van der Waals surface area contributed by atoms with E-state index < -0.39 is 6.17 Å². The first-order valence-corrected chi connectivity index (χ1v) is 3.73. The van der Waals surface area contributed by atoms with Gasteiger partial charge < -0.3 is 0 Å². The normalized spacial score (nSPS) is 32.1. The van der Waals surface area contributed by atoms with Crippen LogP contribution < -0.4 is 0 Å². The van der Waals surface area contributed by atoms with Crippen LogP contribution in [-0.2, 0) is 0 Å². The van der Waals surface area contributed by atoms with Crippen molar-refractivity contribution in [3.8, 4) is 0 Å². The van der Waals surface area contributed by atoms with E-state index in [-0.39, 0.29) is 4.92 Å².